The molecule has 0 atom stereocenters. The van der Waals surface area contributed by atoms with Gasteiger partial charge in [-0.25, -0.2) is 4.98 Å². The summed E-state index contributed by atoms with van der Waals surface area (Å²) in [4.78, 5) is 17.8. The van der Waals surface area contributed by atoms with Crippen LogP contribution in [0.15, 0.2) is 12.1 Å². The molecule has 0 saturated carbocycles. The maximum atomic E-state index is 12.3. The van der Waals surface area contributed by atoms with Gasteiger partial charge in [-0.1, -0.05) is 11.6 Å². The summed E-state index contributed by atoms with van der Waals surface area (Å²) >= 11 is 5.80. The Balaban J connectivity index is 2.84. The molecule has 7 heteroatoms. The second-order valence-corrected chi connectivity index (χ2v) is 4.27. The number of amides is 1. The first-order valence-corrected chi connectivity index (χ1v) is 6.16. The number of anilines is 1. The highest BCUT2D eigenvalue weighted by Crippen LogP contribution is 2.14. The van der Waals surface area contributed by atoms with E-state index in [1.165, 1.54) is 12.1 Å². The minimum Gasteiger partial charge on any atom is -0.384 e. The largest absolute Gasteiger partial charge is 0.384 e. The van der Waals surface area contributed by atoms with Crippen LogP contribution in [-0.4, -0.2) is 56.3 Å². The van der Waals surface area contributed by atoms with Crippen molar-refractivity contribution in [3.8, 4) is 0 Å². The monoisotopic (exact) mass is 287 g/mol. The van der Waals surface area contributed by atoms with E-state index in [9.17, 15) is 4.79 Å². The topological polar surface area (TPSA) is 77.7 Å². The Hall–Kier alpha value is -1.37. The Bertz CT molecular complexity index is 400. The predicted octanol–water partition coefficient (Wildman–Crippen LogP) is 1.05. The lowest BCUT2D eigenvalue weighted by atomic mass is 10.2. The summed E-state index contributed by atoms with van der Waals surface area (Å²) in [5, 5.41) is 0.196. The van der Waals surface area contributed by atoms with Gasteiger partial charge in [0.1, 0.15) is 11.0 Å². The lowest BCUT2D eigenvalue weighted by Gasteiger charge is -2.22. The molecule has 0 spiro atoms. The molecule has 6 nitrogen and oxygen atoms in total. The molecule has 0 fully saturated rings. The number of halogens is 1. The van der Waals surface area contributed by atoms with Crippen molar-refractivity contribution in [2.75, 3.05) is 46.3 Å². The molecule has 1 heterocycles. The third-order valence-electron chi connectivity index (χ3n) is 2.48. The standard InChI is InChI=1S/C12H18ClN3O3/c1-18-5-3-16(4-6-19-2)12(17)9-7-10(13)15-11(14)8-9/h7-8H,3-6H2,1-2H3,(H2,14,15). The van der Waals surface area contributed by atoms with Gasteiger partial charge in [-0.2, -0.15) is 0 Å². The van der Waals surface area contributed by atoms with Crippen LogP contribution in [0.2, 0.25) is 5.15 Å². The van der Waals surface area contributed by atoms with Crippen LogP contribution in [0.25, 0.3) is 0 Å². The second-order valence-electron chi connectivity index (χ2n) is 3.88. The number of nitrogens with zero attached hydrogens (tertiary/aromatic N) is 2. The van der Waals surface area contributed by atoms with Gasteiger partial charge in [0.2, 0.25) is 0 Å². The number of nitrogen functional groups attached to an aromatic ring is 1. The van der Waals surface area contributed by atoms with Gasteiger partial charge in [0.15, 0.2) is 0 Å². The first-order valence-electron chi connectivity index (χ1n) is 5.78. The Morgan fingerprint density at radius 2 is 1.89 bits per heavy atom. The van der Waals surface area contributed by atoms with Crippen LogP contribution in [0.1, 0.15) is 10.4 Å². The van der Waals surface area contributed by atoms with Crippen molar-refractivity contribution >= 4 is 23.3 Å². The van der Waals surface area contributed by atoms with Crippen LogP contribution in [0.3, 0.4) is 0 Å². The number of hydrogen-bond donors (Lipinski definition) is 1. The predicted molar refractivity (Wildman–Crippen MR) is 73.3 cm³/mol. The van der Waals surface area contributed by atoms with E-state index in [0.29, 0.717) is 31.9 Å². The summed E-state index contributed by atoms with van der Waals surface area (Å²) < 4.78 is 9.98. The normalized spacial score (nSPS) is 10.5. The molecular weight excluding hydrogens is 270 g/mol. The van der Waals surface area contributed by atoms with Gasteiger partial charge in [0, 0.05) is 32.9 Å². The lowest BCUT2D eigenvalue weighted by Crippen LogP contribution is -2.36. The lowest BCUT2D eigenvalue weighted by molar-refractivity contribution is 0.0627. The maximum absolute atomic E-state index is 12.3. The van der Waals surface area contributed by atoms with Gasteiger partial charge in [0.05, 0.1) is 13.2 Å². The van der Waals surface area contributed by atoms with Crippen molar-refractivity contribution in [3.63, 3.8) is 0 Å². The number of pyridine rings is 1. The zero-order chi connectivity index (χ0) is 14.3. The van der Waals surface area contributed by atoms with Gasteiger partial charge in [-0.15, -0.1) is 0 Å². The fourth-order valence-corrected chi connectivity index (χ4v) is 1.76. The molecule has 106 valence electrons. The molecule has 0 radical (unpaired) electrons. The number of hydrogen-bond acceptors (Lipinski definition) is 5. The van der Waals surface area contributed by atoms with E-state index in [-0.39, 0.29) is 16.9 Å². The van der Waals surface area contributed by atoms with Crippen molar-refractivity contribution in [1.82, 2.24) is 9.88 Å². The maximum Gasteiger partial charge on any atom is 0.254 e. The first-order chi connectivity index (χ1) is 9.08. The summed E-state index contributed by atoms with van der Waals surface area (Å²) in [6.45, 7) is 1.84. The molecule has 1 rings (SSSR count). The summed E-state index contributed by atoms with van der Waals surface area (Å²) in [5.74, 6) is 0.0411. The van der Waals surface area contributed by atoms with E-state index < -0.39 is 0 Å². The van der Waals surface area contributed by atoms with Crippen LogP contribution in [-0.2, 0) is 9.47 Å². The molecule has 1 aromatic heterocycles. The van der Waals surface area contributed by atoms with Gasteiger partial charge < -0.3 is 20.1 Å². The smallest absolute Gasteiger partial charge is 0.254 e. The fourth-order valence-electron chi connectivity index (χ4n) is 1.54. The summed E-state index contributed by atoms with van der Waals surface area (Å²) in [6.07, 6.45) is 0. The summed E-state index contributed by atoms with van der Waals surface area (Å²) in [6, 6.07) is 2.99. The van der Waals surface area contributed by atoms with E-state index >= 15 is 0 Å². The van der Waals surface area contributed by atoms with Crippen molar-refractivity contribution < 1.29 is 14.3 Å². The van der Waals surface area contributed by atoms with E-state index in [1.54, 1.807) is 19.1 Å². The number of rotatable bonds is 7. The molecule has 0 unspecified atom stereocenters. The van der Waals surface area contributed by atoms with E-state index in [2.05, 4.69) is 4.98 Å². The number of methoxy groups -OCH3 is 2. The first kappa shape index (κ1) is 15.7. The minimum absolute atomic E-state index is 0.176. The van der Waals surface area contributed by atoms with E-state index in [4.69, 9.17) is 26.8 Å². The molecule has 0 aliphatic rings. The molecule has 1 aromatic rings. The molecular formula is C12H18ClN3O3. The number of ether oxygens (including phenoxy) is 2. The van der Waals surface area contributed by atoms with Crippen molar-refractivity contribution in [2.24, 2.45) is 0 Å². The Labute approximate surface area is 117 Å². The van der Waals surface area contributed by atoms with Crippen molar-refractivity contribution in [3.05, 3.63) is 22.8 Å². The zero-order valence-corrected chi connectivity index (χ0v) is 11.8. The highest BCUT2D eigenvalue weighted by atomic mass is 35.5. The third kappa shape index (κ3) is 5.02. The Morgan fingerprint density at radius 1 is 1.32 bits per heavy atom. The van der Waals surface area contributed by atoms with Gasteiger partial charge in [0.25, 0.3) is 5.91 Å². The van der Waals surface area contributed by atoms with Crippen LogP contribution in [0.4, 0.5) is 5.82 Å². The van der Waals surface area contributed by atoms with Gasteiger partial charge in [-0.05, 0) is 12.1 Å². The van der Waals surface area contributed by atoms with Crippen LogP contribution < -0.4 is 5.73 Å². The minimum atomic E-state index is -0.176. The molecule has 2 N–H and O–H groups in total. The van der Waals surface area contributed by atoms with E-state index in [0.717, 1.165) is 0 Å². The number of aromatic nitrogens is 1. The SMILES string of the molecule is COCCN(CCOC)C(=O)c1cc(N)nc(Cl)c1. The van der Waals surface area contributed by atoms with Crippen LogP contribution in [0.5, 0.6) is 0 Å². The van der Waals surface area contributed by atoms with Crippen molar-refractivity contribution in [2.45, 2.75) is 0 Å². The molecule has 0 saturated heterocycles. The molecule has 0 aliphatic heterocycles. The second kappa shape index (κ2) is 7.93. The third-order valence-corrected chi connectivity index (χ3v) is 2.67. The summed E-state index contributed by atoms with van der Waals surface area (Å²) in [5.41, 5.74) is 5.99. The molecule has 0 aliphatic carbocycles. The van der Waals surface area contributed by atoms with Gasteiger partial charge in [-0.3, -0.25) is 4.79 Å². The molecule has 0 bridgehead atoms. The highest BCUT2D eigenvalue weighted by molar-refractivity contribution is 6.29. The number of nitrogens with two attached hydrogens (primary N) is 1. The molecule has 0 aromatic carbocycles. The Morgan fingerprint density at radius 3 is 2.37 bits per heavy atom. The highest BCUT2D eigenvalue weighted by Gasteiger charge is 2.16. The van der Waals surface area contributed by atoms with Crippen molar-refractivity contribution in [1.29, 1.82) is 0 Å². The quantitative estimate of drug-likeness (QED) is 0.759. The van der Waals surface area contributed by atoms with E-state index in [1.807, 2.05) is 0 Å². The molecule has 19 heavy (non-hydrogen) atoms. The fraction of sp³-hybridized carbons (Fsp3) is 0.500. The Kier molecular flexibility index (Phi) is 6.55. The average Bonchev–Trinajstić information content (AvgIpc) is 2.37. The summed E-state index contributed by atoms with van der Waals surface area (Å²) in [7, 11) is 3.17. The van der Waals surface area contributed by atoms with Crippen LogP contribution in [0, 0.1) is 0 Å². The zero-order valence-electron chi connectivity index (χ0n) is 11.1. The average molecular weight is 288 g/mol. The number of carbonyl (C=O) groups excluding carboxylic acids is 1. The van der Waals surface area contributed by atoms with Gasteiger partial charge >= 0.3 is 0 Å². The van der Waals surface area contributed by atoms with Crippen LogP contribution >= 0.6 is 11.6 Å². The number of carbonyl (C=O) groups is 1. The molecule has 1 amide bonds.